The fraction of sp³-hybridized carbons (Fsp3) is 0.0769. The molecule has 5 heteroatoms. The highest BCUT2D eigenvalue weighted by Gasteiger charge is 2.08. The first-order valence-corrected chi connectivity index (χ1v) is 5.66. The molecule has 1 aromatic heterocycles. The van der Waals surface area contributed by atoms with Crippen LogP contribution in [0.1, 0.15) is 16.1 Å². The zero-order valence-electron chi connectivity index (χ0n) is 9.64. The van der Waals surface area contributed by atoms with Crippen LogP contribution in [0.25, 0.3) is 0 Å². The summed E-state index contributed by atoms with van der Waals surface area (Å²) < 4.78 is 0. The molecule has 0 aliphatic heterocycles. The van der Waals surface area contributed by atoms with Gasteiger partial charge in [-0.05, 0) is 37.3 Å². The third-order valence-electron chi connectivity index (χ3n) is 2.36. The Morgan fingerprint density at radius 1 is 1.33 bits per heavy atom. The van der Waals surface area contributed by atoms with Crippen LogP contribution < -0.4 is 5.32 Å². The molecule has 2 N–H and O–H groups in total. The molecule has 0 fully saturated rings. The molecule has 0 saturated carbocycles. The van der Waals surface area contributed by atoms with Crippen molar-refractivity contribution in [3.63, 3.8) is 0 Å². The highest BCUT2D eigenvalue weighted by atomic mass is 35.5. The summed E-state index contributed by atoms with van der Waals surface area (Å²) in [4.78, 5) is 16.0. The van der Waals surface area contributed by atoms with Crippen molar-refractivity contribution in [1.82, 2.24) is 4.98 Å². The molecular weight excluding hydrogens is 252 g/mol. The normalized spacial score (nSPS) is 10.1. The summed E-state index contributed by atoms with van der Waals surface area (Å²) >= 11 is 5.75. The summed E-state index contributed by atoms with van der Waals surface area (Å²) in [5, 5.41) is 12.2. The van der Waals surface area contributed by atoms with Gasteiger partial charge in [0.15, 0.2) is 0 Å². The number of rotatable bonds is 2. The topological polar surface area (TPSA) is 62.2 Å². The molecule has 0 saturated heterocycles. The molecule has 0 aliphatic rings. The maximum absolute atomic E-state index is 11.9. The Labute approximate surface area is 109 Å². The van der Waals surface area contributed by atoms with Crippen molar-refractivity contribution in [2.24, 2.45) is 0 Å². The highest BCUT2D eigenvalue weighted by molar-refractivity contribution is 6.32. The molecule has 0 unspecified atom stereocenters. The van der Waals surface area contributed by atoms with E-state index in [0.717, 1.165) is 5.69 Å². The van der Waals surface area contributed by atoms with Gasteiger partial charge in [-0.3, -0.25) is 9.78 Å². The number of phenols is 1. The van der Waals surface area contributed by atoms with Crippen LogP contribution in [-0.2, 0) is 0 Å². The Bertz CT molecular complexity index is 599. The largest absolute Gasteiger partial charge is 0.506 e. The van der Waals surface area contributed by atoms with Crippen LogP contribution in [0.4, 0.5) is 5.69 Å². The number of hydrogen-bond donors (Lipinski definition) is 2. The van der Waals surface area contributed by atoms with Crippen LogP contribution in [0.2, 0.25) is 5.02 Å². The fourth-order valence-electron chi connectivity index (χ4n) is 1.47. The molecule has 4 nitrogen and oxygen atoms in total. The minimum Gasteiger partial charge on any atom is -0.506 e. The summed E-state index contributed by atoms with van der Waals surface area (Å²) in [6.07, 6.45) is 1.62. The van der Waals surface area contributed by atoms with Crippen molar-refractivity contribution in [2.45, 2.75) is 6.92 Å². The summed E-state index contributed by atoms with van der Waals surface area (Å²) in [6.45, 7) is 1.84. The predicted molar refractivity (Wildman–Crippen MR) is 70.0 cm³/mol. The standard InChI is InChI=1S/C13H11ClN2O2/c1-8-6-10(4-5-15-8)16-13(18)9-2-3-12(17)11(14)7-9/h2-7,17H,1H3,(H,15,16,18). The lowest BCUT2D eigenvalue weighted by Gasteiger charge is -2.06. The number of amides is 1. The minimum absolute atomic E-state index is 0.0482. The van der Waals surface area contributed by atoms with Crippen molar-refractivity contribution >= 4 is 23.2 Å². The molecule has 0 spiro atoms. The molecule has 0 bridgehead atoms. The van der Waals surface area contributed by atoms with Gasteiger partial charge in [-0.1, -0.05) is 11.6 Å². The molecule has 1 amide bonds. The highest BCUT2D eigenvalue weighted by Crippen LogP contribution is 2.24. The Morgan fingerprint density at radius 3 is 2.78 bits per heavy atom. The minimum atomic E-state index is -0.289. The molecule has 2 aromatic rings. The Hall–Kier alpha value is -2.07. The van der Waals surface area contributed by atoms with E-state index in [1.165, 1.54) is 18.2 Å². The van der Waals surface area contributed by atoms with E-state index in [1.807, 2.05) is 6.92 Å². The van der Waals surface area contributed by atoms with Gasteiger partial charge in [-0.2, -0.15) is 0 Å². The van der Waals surface area contributed by atoms with Gasteiger partial charge < -0.3 is 10.4 Å². The quantitative estimate of drug-likeness (QED) is 0.875. The first kappa shape index (κ1) is 12.4. The number of halogens is 1. The van der Waals surface area contributed by atoms with E-state index in [9.17, 15) is 9.90 Å². The van der Waals surface area contributed by atoms with Gasteiger partial charge in [-0.15, -0.1) is 0 Å². The summed E-state index contributed by atoms with van der Waals surface area (Å²) in [5.74, 6) is -0.338. The number of pyridine rings is 1. The Kier molecular flexibility index (Phi) is 3.48. The molecule has 0 atom stereocenters. The van der Waals surface area contributed by atoms with Crippen molar-refractivity contribution in [3.8, 4) is 5.75 Å². The smallest absolute Gasteiger partial charge is 0.255 e. The lowest BCUT2D eigenvalue weighted by Crippen LogP contribution is -2.11. The number of aromatic hydroxyl groups is 1. The van der Waals surface area contributed by atoms with Crippen LogP contribution in [0.3, 0.4) is 0 Å². The van der Waals surface area contributed by atoms with E-state index in [2.05, 4.69) is 10.3 Å². The van der Waals surface area contributed by atoms with Crippen LogP contribution in [0.15, 0.2) is 36.5 Å². The van der Waals surface area contributed by atoms with Crippen molar-refractivity contribution in [1.29, 1.82) is 0 Å². The van der Waals surface area contributed by atoms with E-state index in [4.69, 9.17) is 11.6 Å². The maximum atomic E-state index is 11.9. The van der Waals surface area contributed by atoms with E-state index in [0.29, 0.717) is 11.3 Å². The van der Waals surface area contributed by atoms with E-state index in [-0.39, 0.29) is 16.7 Å². The zero-order valence-corrected chi connectivity index (χ0v) is 10.4. The molecule has 1 heterocycles. The van der Waals surface area contributed by atoms with Crippen LogP contribution >= 0.6 is 11.6 Å². The second kappa shape index (κ2) is 5.06. The third-order valence-corrected chi connectivity index (χ3v) is 2.67. The molecular formula is C13H11ClN2O2. The maximum Gasteiger partial charge on any atom is 0.255 e. The first-order chi connectivity index (χ1) is 8.56. The zero-order chi connectivity index (χ0) is 13.1. The van der Waals surface area contributed by atoms with Crippen LogP contribution in [0, 0.1) is 6.92 Å². The lowest BCUT2D eigenvalue weighted by molar-refractivity contribution is 0.102. The first-order valence-electron chi connectivity index (χ1n) is 5.29. The molecule has 0 aliphatic carbocycles. The van der Waals surface area contributed by atoms with Crippen molar-refractivity contribution in [2.75, 3.05) is 5.32 Å². The second-order valence-corrected chi connectivity index (χ2v) is 4.21. The second-order valence-electron chi connectivity index (χ2n) is 3.81. The van der Waals surface area contributed by atoms with Crippen LogP contribution in [-0.4, -0.2) is 16.0 Å². The van der Waals surface area contributed by atoms with E-state index >= 15 is 0 Å². The van der Waals surface area contributed by atoms with Gasteiger partial charge in [0.25, 0.3) is 5.91 Å². The summed E-state index contributed by atoms with van der Waals surface area (Å²) in [7, 11) is 0. The average Bonchev–Trinajstić information content (AvgIpc) is 2.32. The Balaban J connectivity index is 2.19. The molecule has 92 valence electrons. The molecule has 2 rings (SSSR count). The summed E-state index contributed by atoms with van der Waals surface area (Å²) in [5.41, 5.74) is 1.86. The number of nitrogens with zero attached hydrogens (tertiary/aromatic N) is 1. The fourth-order valence-corrected chi connectivity index (χ4v) is 1.66. The van der Waals surface area contributed by atoms with Gasteiger partial charge in [-0.25, -0.2) is 0 Å². The third kappa shape index (κ3) is 2.78. The van der Waals surface area contributed by atoms with Gasteiger partial charge in [0.2, 0.25) is 0 Å². The van der Waals surface area contributed by atoms with Crippen LogP contribution in [0.5, 0.6) is 5.75 Å². The van der Waals surface area contributed by atoms with E-state index in [1.54, 1.807) is 18.3 Å². The van der Waals surface area contributed by atoms with Gasteiger partial charge >= 0.3 is 0 Å². The molecule has 0 radical (unpaired) electrons. The predicted octanol–water partition coefficient (Wildman–Crippen LogP) is 3.00. The van der Waals surface area contributed by atoms with E-state index < -0.39 is 0 Å². The number of aromatic nitrogens is 1. The monoisotopic (exact) mass is 262 g/mol. The Morgan fingerprint density at radius 2 is 2.11 bits per heavy atom. The number of carbonyl (C=O) groups excluding carboxylic acids is 1. The number of benzene rings is 1. The average molecular weight is 263 g/mol. The van der Waals surface area contributed by atoms with Crippen molar-refractivity contribution in [3.05, 3.63) is 52.8 Å². The number of nitrogens with one attached hydrogen (secondary N) is 1. The SMILES string of the molecule is Cc1cc(NC(=O)c2ccc(O)c(Cl)c2)ccn1. The summed E-state index contributed by atoms with van der Waals surface area (Å²) in [6, 6.07) is 7.77. The lowest BCUT2D eigenvalue weighted by atomic mass is 10.2. The number of anilines is 1. The number of carbonyl (C=O) groups is 1. The molecule has 1 aromatic carbocycles. The van der Waals surface area contributed by atoms with Crippen molar-refractivity contribution < 1.29 is 9.90 Å². The van der Waals surface area contributed by atoms with Gasteiger partial charge in [0.1, 0.15) is 5.75 Å². The van der Waals surface area contributed by atoms with Gasteiger partial charge in [0.05, 0.1) is 5.02 Å². The molecule has 18 heavy (non-hydrogen) atoms. The number of aryl methyl sites for hydroxylation is 1. The number of phenolic OH excluding ortho intramolecular Hbond substituents is 1. The number of hydrogen-bond acceptors (Lipinski definition) is 3. The van der Waals surface area contributed by atoms with Gasteiger partial charge in [0, 0.05) is 23.1 Å².